The molecule has 51 heavy (non-hydrogen) atoms. The van der Waals surface area contributed by atoms with Gasteiger partial charge in [-0.3, -0.25) is 0 Å². The van der Waals surface area contributed by atoms with Gasteiger partial charge in [0, 0.05) is 16.8 Å². The topological polar surface area (TPSA) is 3.24 Å². The minimum Gasteiger partial charge on any atom is -0.310 e. The molecule has 0 saturated heterocycles. The van der Waals surface area contributed by atoms with Gasteiger partial charge >= 0.3 is 0 Å². The number of hydrogen-bond donors (Lipinski definition) is 0. The first-order valence-electron chi connectivity index (χ1n) is 17.5. The fourth-order valence-electron chi connectivity index (χ4n) is 7.30. The van der Waals surface area contributed by atoms with E-state index in [-0.39, 0.29) is 0 Å². The maximum Gasteiger partial charge on any atom is 0.0546 e. The van der Waals surface area contributed by atoms with Gasteiger partial charge in [0.2, 0.25) is 0 Å². The molecule has 0 heterocycles. The van der Waals surface area contributed by atoms with Crippen molar-refractivity contribution in [2.24, 2.45) is 0 Å². The number of anilines is 3. The van der Waals surface area contributed by atoms with Gasteiger partial charge < -0.3 is 4.90 Å². The highest BCUT2D eigenvalue weighted by Crippen LogP contribution is 2.44. The van der Waals surface area contributed by atoms with Gasteiger partial charge in [0.15, 0.2) is 0 Å². The van der Waals surface area contributed by atoms with Crippen molar-refractivity contribution in [3.05, 3.63) is 212 Å². The number of rotatable bonds is 7. The van der Waals surface area contributed by atoms with Crippen molar-refractivity contribution < 1.29 is 0 Å². The van der Waals surface area contributed by atoms with Crippen molar-refractivity contribution in [3.8, 4) is 44.5 Å². The molecule has 0 aliphatic heterocycles. The molecular weight excluding hydrogens is 615 g/mol. The van der Waals surface area contributed by atoms with Crippen LogP contribution < -0.4 is 4.90 Å². The third-order valence-electron chi connectivity index (χ3n) is 9.82. The molecule has 0 spiro atoms. The van der Waals surface area contributed by atoms with Crippen molar-refractivity contribution in [1.82, 2.24) is 0 Å². The van der Waals surface area contributed by atoms with Gasteiger partial charge in [-0.15, -0.1) is 0 Å². The number of nitrogens with zero attached hydrogens (tertiary/aromatic N) is 1. The Morgan fingerprint density at radius 3 is 1.51 bits per heavy atom. The van der Waals surface area contributed by atoms with Gasteiger partial charge in [0.1, 0.15) is 0 Å². The highest BCUT2D eigenvalue weighted by Gasteiger charge is 2.19. The lowest BCUT2D eigenvalue weighted by atomic mass is 9.93. The Kier molecular flexibility index (Phi) is 7.92. The van der Waals surface area contributed by atoms with Gasteiger partial charge in [-0.05, 0) is 103 Å². The lowest BCUT2D eigenvalue weighted by Crippen LogP contribution is -2.11. The maximum absolute atomic E-state index is 2.42. The molecule has 0 bridgehead atoms. The summed E-state index contributed by atoms with van der Waals surface area (Å²) in [6.07, 6.45) is 0. The monoisotopic (exact) mass is 649 g/mol. The minimum absolute atomic E-state index is 1.10. The van der Waals surface area contributed by atoms with Crippen molar-refractivity contribution in [2.75, 3.05) is 4.90 Å². The van der Waals surface area contributed by atoms with Crippen LogP contribution in [0.1, 0.15) is 0 Å². The van der Waals surface area contributed by atoms with Gasteiger partial charge in [0.05, 0.1) is 5.69 Å². The molecule has 0 N–H and O–H groups in total. The van der Waals surface area contributed by atoms with Crippen LogP contribution in [0.4, 0.5) is 17.1 Å². The van der Waals surface area contributed by atoms with E-state index in [9.17, 15) is 0 Å². The van der Waals surface area contributed by atoms with Crippen molar-refractivity contribution in [1.29, 1.82) is 0 Å². The summed E-state index contributed by atoms with van der Waals surface area (Å²) < 4.78 is 0. The summed E-state index contributed by atoms with van der Waals surface area (Å²) in [5.74, 6) is 0. The van der Waals surface area contributed by atoms with Crippen LogP contribution in [0.3, 0.4) is 0 Å². The fourth-order valence-corrected chi connectivity index (χ4v) is 7.30. The zero-order valence-electron chi connectivity index (χ0n) is 28.2. The Balaban J connectivity index is 1.22. The zero-order chi connectivity index (χ0) is 34.0. The molecule has 9 aromatic carbocycles. The molecule has 0 unspecified atom stereocenters. The summed E-state index contributed by atoms with van der Waals surface area (Å²) >= 11 is 0. The summed E-state index contributed by atoms with van der Waals surface area (Å²) in [7, 11) is 0. The third kappa shape index (κ3) is 5.96. The molecule has 0 aliphatic carbocycles. The molecule has 240 valence electrons. The van der Waals surface area contributed by atoms with Crippen molar-refractivity contribution in [2.45, 2.75) is 0 Å². The molecule has 0 aromatic heterocycles. The summed E-state index contributed by atoms with van der Waals surface area (Å²) in [6, 6.07) is 76.7. The normalized spacial score (nSPS) is 11.1. The van der Waals surface area contributed by atoms with E-state index in [0.29, 0.717) is 0 Å². The van der Waals surface area contributed by atoms with Crippen LogP contribution in [-0.2, 0) is 0 Å². The summed E-state index contributed by atoms with van der Waals surface area (Å²) in [4.78, 5) is 2.42. The zero-order valence-corrected chi connectivity index (χ0v) is 28.2. The van der Waals surface area contributed by atoms with Crippen LogP contribution in [0.25, 0.3) is 66.1 Å². The molecule has 1 nitrogen and oxygen atoms in total. The lowest BCUT2D eigenvalue weighted by molar-refractivity contribution is 1.30. The summed E-state index contributed by atoms with van der Waals surface area (Å²) in [6.45, 7) is 0. The maximum atomic E-state index is 2.42. The Morgan fingerprint density at radius 2 is 0.765 bits per heavy atom. The molecule has 0 fully saturated rings. The van der Waals surface area contributed by atoms with E-state index >= 15 is 0 Å². The van der Waals surface area contributed by atoms with Gasteiger partial charge in [-0.2, -0.15) is 0 Å². The van der Waals surface area contributed by atoms with Crippen LogP contribution >= 0.6 is 0 Å². The predicted molar refractivity (Wildman–Crippen MR) is 218 cm³/mol. The second kappa shape index (κ2) is 13.3. The second-order valence-electron chi connectivity index (χ2n) is 13.0. The minimum atomic E-state index is 1.10. The fraction of sp³-hybridized carbons (Fsp3) is 0. The summed E-state index contributed by atoms with van der Waals surface area (Å²) in [5.41, 5.74) is 12.9. The molecule has 1 heteroatoms. The van der Waals surface area contributed by atoms with Crippen LogP contribution in [0.2, 0.25) is 0 Å². The van der Waals surface area contributed by atoms with E-state index in [1.807, 2.05) is 0 Å². The van der Waals surface area contributed by atoms with Crippen LogP contribution in [0.5, 0.6) is 0 Å². The molecule has 0 radical (unpaired) electrons. The number of benzene rings is 9. The lowest BCUT2D eigenvalue weighted by Gasteiger charge is -2.28. The second-order valence-corrected chi connectivity index (χ2v) is 13.0. The van der Waals surface area contributed by atoms with E-state index in [1.165, 1.54) is 66.1 Å². The molecule has 0 amide bonds. The predicted octanol–water partition coefficient (Wildman–Crippen LogP) is 14.1. The molecule has 9 aromatic rings. The van der Waals surface area contributed by atoms with E-state index in [4.69, 9.17) is 0 Å². The molecular formula is C50H35N. The highest BCUT2D eigenvalue weighted by molar-refractivity contribution is 6.08. The van der Waals surface area contributed by atoms with Crippen LogP contribution in [0.15, 0.2) is 212 Å². The van der Waals surface area contributed by atoms with E-state index in [2.05, 4.69) is 217 Å². The first kappa shape index (κ1) is 30.4. The Morgan fingerprint density at radius 1 is 0.255 bits per heavy atom. The molecule has 0 aliphatic rings. The Labute approximate surface area is 299 Å². The smallest absolute Gasteiger partial charge is 0.0546 e. The van der Waals surface area contributed by atoms with Crippen LogP contribution in [0, 0.1) is 0 Å². The Bertz CT molecular complexity index is 2620. The Hall–Kier alpha value is -6.70. The van der Waals surface area contributed by atoms with Gasteiger partial charge in [0.25, 0.3) is 0 Å². The number of hydrogen-bond acceptors (Lipinski definition) is 1. The average molecular weight is 650 g/mol. The first-order valence-corrected chi connectivity index (χ1v) is 17.5. The first-order chi connectivity index (χ1) is 25.3. The van der Waals surface area contributed by atoms with Gasteiger partial charge in [-0.25, -0.2) is 0 Å². The molecule has 0 saturated carbocycles. The number of fused-ring (bicyclic) bond motifs is 2. The summed E-state index contributed by atoms with van der Waals surface area (Å²) in [5, 5.41) is 4.92. The van der Waals surface area contributed by atoms with E-state index in [0.717, 1.165) is 17.1 Å². The van der Waals surface area contributed by atoms with Crippen LogP contribution in [-0.4, -0.2) is 0 Å². The third-order valence-corrected chi connectivity index (χ3v) is 9.82. The van der Waals surface area contributed by atoms with E-state index < -0.39 is 0 Å². The molecule has 9 rings (SSSR count). The van der Waals surface area contributed by atoms with Crippen molar-refractivity contribution >= 4 is 38.6 Å². The average Bonchev–Trinajstić information content (AvgIpc) is 3.22. The highest BCUT2D eigenvalue weighted by atomic mass is 15.1. The van der Waals surface area contributed by atoms with Gasteiger partial charge in [-0.1, -0.05) is 170 Å². The standard InChI is InChI=1S/C50H35N/c1-3-13-36(14-4-1)42-21-9-23-45(34-42)48-25-11-19-40-20-12-26-49(50(40)48)51(47-24-10-22-43(35-47)37-15-5-2-6-16-37)46-31-29-39(30-32-46)44-28-27-38-17-7-8-18-41(38)33-44/h1-35H. The largest absolute Gasteiger partial charge is 0.310 e. The quantitative estimate of drug-likeness (QED) is 0.166. The SMILES string of the molecule is c1ccc(-c2cccc(-c3cccc4cccc(N(c5ccc(-c6ccc7ccccc7c6)cc5)c5cccc(-c6ccccc6)c5)c34)c2)cc1. The van der Waals surface area contributed by atoms with E-state index in [1.54, 1.807) is 0 Å². The van der Waals surface area contributed by atoms with Crippen molar-refractivity contribution in [3.63, 3.8) is 0 Å². The molecule has 0 atom stereocenters.